The van der Waals surface area contributed by atoms with E-state index in [9.17, 15) is 13.2 Å². The fourth-order valence-electron chi connectivity index (χ4n) is 4.57. The summed E-state index contributed by atoms with van der Waals surface area (Å²) in [4.78, 5) is 13.1. The van der Waals surface area contributed by atoms with Crippen LogP contribution in [0.15, 0.2) is 16.3 Å². The van der Waals surface area contributed by atoms with E-state index in [1.807, 2.05) is 0 Å². The lowest BCUT2D eigenvalue weighted by Crippen LogP contribution is -2.26. The van der Waals surface area contributed by atoms with E-state index in [0.717, 1.165) is 28.0 Å². The number of sulfonamides is 1. The van der Waals surface area contributed by atoms with Crippen LogP contribution < -0.4 is 10.5 Å². The topological polar surface area (TPSA) is 89.3 Å². The number of hydrogen-bond acceptors (Lipinski definition) is 4. The summed E-state index contributed by atoms with van der Waals surface area (Å²) < 4.78 is 22.6. The van der Waals surface area contributed by atoms with Gasteiger partial charge in [0.25, 0.3) is 0 Å². The van der Waals surface area contributed by atoms with E-state index in [2.05, 4.69) is 5.32 Å². The molecular formula is C14H18N2O3S2. The second kappa shape index (κ2) is 4.54. The lowest BCUT2D eigenvalue weighted by Gasteiger charge is -2.08. The lowest BCUT2D eigenvalue weighted by molar-refractivity contribution is -0.123. The minimum atomic E-state index is -3.64. The molecule has 21 heavy (non-hydrogen) atoms. The van der Waals surface area contributed by atoms with Crippen LogP contribution in [-0.2, 0) is 21.4 Å². The molecule has 7 heteroatoms. The first-order chi connectivity index (χ1) is 9.95. The monoisotopic (exact) mass is 326 g/mol. The van der Waals surface area contributed by atoms with Crippen molar-refractivity contribution in [3.63, 3.8) is 0 Å². The Balaban J connectivity index is 1.36. The van der Waals surface area contributed by atoms with Crippen LogP contribution in [0.2, 0.25) is 0 Å². The number of carbonyl (C=O) groups is 1. The van der Waals surface area contributed by atoms with Crippen LogP contribution in [0.5, 0.6) is 0 Å². The van der Waals surface area contributed by atoms with E-state index in [-0.39, 0.29) is 16.0 Å². The third kappa shape index (κ3) is 2.22. The Kier molecular flexibility index (Phi) is 2.96. The second-order valence-corrected chi connectivity index (χ2v) is 9.45. The van der Waals surface area contributed by atoms with Gasteiger partial charge in [-0.2, -0.15) is 0 Å². The molecule has 0 aliphatic heterocycles. The molecule has 1 aromatic heterocycles. The summed E-state index contributed by atoms with van der Waals surface area (Å²) in [5, 5.41) is 8.04. The van der Waals surface area contributed by atoms with Crippen LogP contribution in [-0.4, -0.2) is 14.3 Å². The van der Waals surface area contributed by atoms with E-state index in [1.165, 1.54) is 25.3 Å². The molecule has 114 valence electrons. The van der Waals surface area contributed by atoms with Gasteiger partial charge in [-0.1, -0.05) is 0 Å². The van der Waals surface area contributed by atoms with Gasteiger partial charge in [-0.25, -0.2) is 13.6 Å². The number of fused-ring (bicyclic) bond motifs is 5. The summed E-state index contributed by atoms with van der Waals surface area (Å²) in [6.45, 7) is 0.393. The first-order valence-corrected chi connectivity index (χ1v) is 9.70. The number of rotatable bonds is 4. The van der Waals surface area contributed by atoms with Gasteiger partial charge in [-0.05, 0) is 55.1 Å². The minimum Gasteiger partial charge on any atom is -0.351 e. The van der Waals surface area contributed by atoms with Crippen LogP contribution in [0.4, 0.5) is 0 Å². The Hall–Kier alpha value is -0.920. The molecule has 3 fully saturated rings. The number of amides is 1. The number of thiophene rings is 1. The van der Waals surface area contributed by atoms with Crippen molar-refractivity contribution in [3.8, 4) is 0 Å². The van der Waals surface area contributed by atoms with Gasteiger partial charge in [-0.15, -0.1) is 11.3 Å². The van der Waals surface area contributed by atoms with Crippen molar-refractivity contribution in [2.75, 3.05) is 0 Å². The van der Waals surface area contributed by atoms with E-state index >= 15 is 0 Å². The molecule has 3 saturated carbocycles. The van der Waals surface area contributed by atoms with Crippen LogP contribution in [0.1, 0.15) is 24.1 Å². The predicted octanol–water partition coefficient (Wildman–Crippen LogP) is 1.30. The second-order valence-electron chi connectivity index (χ2n) is 6.50. The predicted molar refractivity (Wildman–Crippen MR) is 78.8 cm³/mol. The SMILES string of the molecule is NS(=O)(=O)c1ccc(CNC(=O)C2C3C4CCC(C4)C23)s1. The number of carbonyl (C=O) groups excluding carboxylic acids is 1. The van der Waals surface area contributed by atoms with Gasteiger partial charge < -0.3 is 5.32 Å². The maximum Gasteiger partial charge on any atom is 0.247 e. The Morgan fingerprint density at radius 1 is 1.29 bits per heavy atom. The molecule has 0 aromatic carbocycles. The van der Waals surface area contributed by atoms with Gasteiger partial charge in [-0.3, -0.25) is 4.79 Å². The van der Waals surface area contributed by atoms with Gasteiger partial charge in [0.1, 0.15) is 4.21 Å². The normalized spacial score (nSPS) is 36.5. The van der Waals surface area contributed by atoms with Crippen molar-refractivity contribution in [1.82, 2.24) is 5.32 Å². The van der Waals surface area contributed by atoms with Crippen LogP contribution >= 0.6 is 11.3 Å². The third-order valence-electron chi connectivity index (χ3n) is 5.39. The maximum atomic E-state index is 12.3. The average molecular weight is 326 g/mol. The lowest BCUT2D eigenvalue weighted by atomic mass is 10.0. The van der Waals surface area contributed by atoms with E-state index < -0.39 is 10.0 Å². The first-order valence-electron chi connectivity index (χ1n) is 7.34. The number of hydrogen-bond donors (Lipinski definition) is 2. The van der Waals surface area contributed by atoms with Gasteiger partial charge >= 0.3 is 0 Å². The molecule has 3 N–H and O–H groups in total. The highest BCUT2D eigenvalue weighted by Crippen LogP contribution is 2.69. The van der Waals surface area contributed by atoms with Gasteiger partial charge in [0, 0.05) is 10.8 Å². The molecule has 2 bridgehead atoms. The maximum absolute atomic E-state index is 12.3. The van der Waals surface area contributed by atoms with Crippen LogP contribution in [0, 0.1) is 29.6 Å². The largest absolute Gasteiger partial charge is 0.351 e. The molecule has 4 unspecified atom stereocenters. The summed E-state index contributed by atoms with van der Waals surface area (Å²) in [5.41, 5.74) is 0. The molecule has 1 aromatic rings. The van der Waals surface area contributed by atoms with Crippen molar-refractivity contribution in [2.45, 2.75) is 30.0 Å². The molecule has 0 radical (unpaired) electrons. The van der Waals surface area contributed by atoms with Crippen molar-refractivity contribution in [2.24, 2.45) is 34.7 Å². The fraction of sp³-hybridized carbons (Fsp3) is 0.643. The summed E-state index contributed by atoms with van der Waals surface area (Å²) in [7, 11) is -3.64. The zero-order chi connectivity index (χ0) is 14.8. The Labute approximate surface area is 128 Å². The fourth-order valence-corrected chi connectivity index (χ4v) is 6.29. The molecule has 0 saturated heterocycles. The average Bonchev–Trinajstić information content (AvgIpc) is 2.84. The zero-order valence-electron chi connectivity index (χ0n) is 11.5. The first kappa shape index (κ1) is 13.7. The smallest absolute Gasteiger partial charge is 0.247 e. The van der Waals surface area contributed by atoms with Crippen LogP contribution in [0.25, 0.3) is 0 Å². The number of primary sulfonamides is 1. The Morgan fingerprint density at radius 3 is 2.52 bits per heavy atom. The quantitative estimate of drug-likeness (QED) is 0.874. The zero-order valence-corrected chi connectivity index (χ0v) is 13.1. The van der Waals surface area contributed by atoms with E-state index in [4.69, 9.17) is 5.14 Å². The van der Waals surface area contributed by atoms with Gasteiger partial charge in [0.15, 0.2) is 0 Å². The molecule has 1 amide bonds. The molecule has 3 aliphatic carbocycles. The highest BCUT2D eigenvalue weighted by molar-refractivity contribution is 7.91. The van der Waals surface area contributed by atoms with E-state index in [1.54, 1.807) is 6.07 Å². The van der Waals surface area contributed by atoms with Crippen molar-refractivity contribution in [3.05, 3.63) is 17.0 Å². The highest BCUT2D eigenvalue weighted by atomic mass is 32.2. The van der Waals surface area contributed by atoms with Gasteiger partial charge in [0.05, 0.1) is 6.54 Å². The summed E-state index contributed by atoms with van der Waals surface area (Å²) in [6.07, 6.45) is 3.94. The highest BCUT2D eigenvalue weighted by Gasteiger charge is 2.67. The Bertz CT molecular complexity index is 681. The molecule has 3 aliphatic rings. The standard InChI is InChI=1S/C14H18N2O3S2/c15-21(18,19)10-4-3-9(20-10)6-16-14(17)13-11-7-1-2-8(5-7)12(11)13/h3-4,7-8,11-13H,1-2,5-6H2,(H,16,17)(H2,15,18,19). The molecule has 5 nitrogen and oxygen atoms in total. The number of nitrogens with two attached hydrogens (primary N) is 1. The molecular weight excluding hydrogens is 308 g/mol. The third-order valence-corrected chi connectivity index (χ3v) is 7.92. The van der Waals surface area contributed by atoms with Crippen LogP contribution in [0.3, 0.4) is 0 Å². The van der Waals surface area contributed by atoms with Crippen molar-refractivity contribution >= 4 is 27.3 Å². The molecule has 0 spiro atoms. The van der Waals surface area contributed by atoms with Crippen molar-refractivity contribution in [1.29, 1.82) is 0 Å². The molecule has 4 atom stereocenters. The summed E-state index contributed by atoms with van der Waals surface area (Å²) in [6, 6.07) is 3.20. The molecule has 4 rings (SSSR count). The number of nitrogens with one attached hydrogen (secondary N) is 1. The Morgan fingerprint density at radius 2 is 1.95 bits per heavy atom. The van der Waals surface area contributed by atoms with E-state index in [0.29, 0.717) is 18.4 Å². The summed E-state index contributed by atoms with van der Waals surface area (Å²) >= 11 is 1.12. The molecule has 1 heterocycles. The summed E-state index contributed by atoms with van der Waals surface area (Å²) in [5.74, 6) is 3.19. The minimum absolute atomic E-state index is 0.146. The van der Waals surface area contributed by atoms with Crippen molar-refractivity contribution < 1.29 is 13.2 Å². The van der Waals surface area contributed by atoms with Gasteiger partial charge in [0.2, 0.25) is 15.9 Å².